The van der Waals surface area contributed by atoms with E-state index in [9.17, 15) is 13.6 Å². The van der Waals surface area contributed by atoms with Gasteiger partial charge in [0.25, 0.3) is 0 Å². The molecule has 1 saturated carbocycles. The number of nitrogens with one attached hydrogen (secondary N) is 1. The Bertz CT molecular complexity index is 673. The molecule has 2 aliphatic rings. The van der Waals surface area contributed by atoms with E-state index >= 15 is 0 Å². The summed E-state index contributed by atoms with van der Waals surface area (Å²) >= 11 is 0. The normalized spacial score (nSPS) is 21.9. The van der Waals surface area contributed by atoms with Gasteiger partial charge in [-0.2, -0.15) is 0 Å². The van der Waals surface area contributed by atoms with E-state index < -0.39 is 30.0 Å². The number of carbonyl (C=O) groups is 1. The summed E-state index contributed by atoms with van der Waals surface area (Å²) in [6.07, 6.45) is 2.81. The zero-order valence-electron chi connectivity index (χ0n) is 15.1. The average molecular weight is 351 g/mol. The second-order valence-corrected chi connectivity index (χ2v) is 7.93. The van der Waals surface area contributed by atoms with Crippen molar-refractivity contribution in [3.8, 4) is 0 Å². The third-order valence-corrected chi connectivity index (χ3v) is 5.49. The minimum atomic E-state index is -0.975. The Hall–Kier alpha value is -1.47. The van der Waals surface area contributed by atoms with Gasteiger partial charge in [-0.1, -0.05) is 0 Å². The van der Waals surface area contributed by atoms with E-state index in [1.165, 1.54) is 0 Å². The summed E-state index contributed by atoms with van der Waals surface area (Å²) in [6, 6.07) is 2.31. The number of halogens is 2. The van der Waals surface area contributed by atoms with Gasteiger partial charge >= 0.3 is 7.12 Å². The lowest BCUT2D eigenvalue weighted by Gasteiger charge is -2.32. The molecule has 136 valence electrons. The fourth-order valence-corrected chi connectivity index (χ4v) is 2.89. The molecule has 0 atom stereocenters. The van der Waals surface area contributed by atoms with Crippen LogP contribution in [0.5, 0.6) is 0 Å². The van der Waals surface area contributed by atoms with Crippen LogP contribution < -0.4 is 10.8 Å². The van der Waals surface area contributed by atoms with Crippen molar-refractivity contribution in [2.24, 2.45) is 0 Å². The molecule has 1 amide bonds. The minimum absolute atomic E-state index is 0.0132. The van der Waals surface area contributed by atoms with Crippen molar-refractivity contribution in [1.29, 1.82) is 0 Å². The van der Waals surface area contributed by atoms with Gasteiger partial charge in [-0.3, -0.25) is 4.79 Å². The van der Waals surface area contributed by atoms with Gasteiger partial charge in [-0.05, 0) is 64.7 Å². The highest BCUT2D eigenvalue weighted by molar-refractivity contribution is 6.62. The van der Waals surface area contributed by atoms with Gasteiger partial charge in [0.05, 0.1) is 17.6 Å². The third kappa shape index (κ3) is 3.58. The second kappa shape index (κ2) is 6.36. The lowest BCUT2D eigenvalue weighted by atomic mass is 9.78. The third-order valence-electron chi connectivity index (χ3n) is 5.49. The van der Waals surface area contributed by atoms with E-state index in [2.05, 4.69) is 5.32 Å². The van der Waals surface area contributed by atoms with Crippen molar-refractivity contribution in [2.45, 2.75) is 70.6 Å². The first-order valence-electron chi connectivity index (χ1n) is 8.72. The molecule has 0 aromatic heterocycles. The zero-order valence-corrected chi connectivity index (χ0v) is 15.1. The van der Waals surface area contributed by atoms with E-state index in [0.29, 0.717) is 0 Å². The van der Waals surface area contributed by atoms with Crippen molar-refractivity contribution in [2.75, 3.05) is 0 Å². The molecular weight excluding hydrogens is 327 g/mol. The Balaban J connectivity index is 1.75. The van der Waals surface area contributed by atoms with Crippen LogP contribution >= 0.6 is 0 Å². The molecule has 7 heteroatoms. The van der Waals surface area contributed by atoms with Crippen LogP contribution in [0.1, 0.15) is 52.5 Å². The lowest BCUT2D eigenvalue weighted by molar-refractivity contribution is -0.121. The van der Waals surface area contributed by atoms with Crippen LogP contribution in [0.15, 0.2) is 12.1 Å². The second-order valence-electron chi connectivity index (χ2n) is 7.93. The summed E-state index contributed by atoms with van der Waals surface area (Å²) in [4.78, 5) is 11.9. The molecule has 0 bridgehead atoms. The molecular formula is C18H24BF2NO3. The molecule has 1 aliphatic carbocycles. The Morgan fingerprint density at radius 3 is 2.28 bits per heavy atom. The largest absolute Gasteiger partial charge is 0.497 e. The summed E-state index contributed by atoms with van der Waals surface area (Å²) in [5.74, 6) is -1.55. The standard InChI is InChI=1S/C18H24BF2NO3/c1-17(2)18(3,4)25-19(24-17)13-10-14(20)11(8-15(13)21)9-16(23)22-12-6-5-7-12/h8,10,12H,5-7,9H2,1-4H3,(H,22,23). The monoisotopic (exact) mass is 351 g/mol. The predicted octanol–water partition coefficient (Wildman–Crippen LogP) is 2.48. The molecule has 0 spiro atoms. The van der Waals surface area contributed by atoms with E-state index in [1.807, 2.05) is 27.7 Å². The lowest BCUT2D eigenvalue weighted by Crippen LogP contribution is -2.41. The van der Waals surface area contributed by atoms with Crippen LogP contribution in [-0.4, -0.2) is 30.3 Å². The summed E-state index contributed by atoms with van der Waals surface area (Å²) in [7, 11) is -0.975. The topological polar surface area (TPSA) is 47.6 Å². The highest BCUT2D eigenvalue weighted by atomic mass is 19.1. The molecule has 3 rings (SSSR count). The number of rotatable bonds is 4. The van der Waals surface area contributed by atoms with Crippen LogP contribution in [0.25, 0.3) is 0 Å². The first kappa shape index (κ1) is 18.3. The molecule has 25 heavy (non-hydrogen) atoms. The van der Waals surface area contributed by atoms with E-state index in [-0.39, 0.29) is 29.4 Å². The van der Waals surface area contributed by atoms with Gasteiger partial charge in [-0.15, -0.1) is 0 Å². The van der Waals surface area contributed by atoms with Crippen LogP contribution in [-0.2, 0) is 20.5 Å². The summed E-state index contributed by atoms with van der Waals surface area (Å²) in [5, 5.41) is 2.83. The summed E-state index contributed by atoms with van der Waals surface area (Å²) in [5.41, 5.74) is -1.22. The Kier molecular flexibility index (Phi) is 4.66. The Labute approximate surface area is 147 Å². The number of carbonyl (C=O) groups excluding carboxylic acids is 1. The van der Waals surface area contributed by atoms with Crippen molar-refractivity contribution in [1.82, 2.24) is 5.32 Å². The highest BCUT2D eigenvalue weighted by Crippen LogP contribution is 2.36. The van der Waals surface area contributed by atoms with E-state index in [0.717, 1.165) is 31.4 Å². The number of hydrogen-bond acceptors (Lipinski definition) is 3. The first-order chi connectivity index (χ1) is 11.6. The van der Waals surface area contributed by atoms with Crippen LogP contribution in [0.4, 0.5) is 8.78 Å². The first-order valence-corrected chi connectivity index (χ1v) is 8.72. The van der Waals surface area contributed by atoms with Gasteiger partial charge < -0.3 is 14.6 Å². The quantitative estimate of drug-likeness (QED) is 0.848. The van der Waals surface area contributed by atoms with Crippen LogP contribution in [0.2, 0.25) is 0 Å². The van der Waals surface area contributed by atoms with Gasteiger partial charge in [0.2, 0.25) is 5.91 Å². The maximum absolute atomic E-state index is 14.5. The van der Waals surface area contributed by atoms with Gasteiger partial charge in [0.15, 0.2) is 0 Å². The minimum Gasteiger partial charge on any atom is -0.399 e. The van der Waals surface area contributed by atoms with E-state index in [1.54, 1.807) is 0 Å². The summed E-state index contributed by atoms with van der Waals surface area (Å²) < 4.78 is 40.5. The predicted molar refractivity (Wildman–Crippen MR) is 91.6 cm³/mol. The fraction of sp³-hybridized carbons (Fsp3) is 0.611. The molecule has 1 saturated heterocycles. The number of amides is 1. The molecule has 1 aromatic carbocycles. The van der Waals surface area contributed by atoms with Gasteiger partial charge in [0, 0.05) is 11.5 Å². The smallest absolute Gasteiger partial charge is 0.399 e. The molecule has 1 heterocycles. The maximum atomic E-state index is 14.5. The Morgan fingerprint density at radius 1 is 1.16 bits per heavy atom. The summed E-state index contributed by atoms with van der Waals surface area (Å²) in [6.45, 7) is 7.39. The van der Waals surface area contributed by atoms with Crippen molar-refractivity contribution < 1.29 is 22.9 Å². The fourth-order valence-electron chi connectivity index (χ4n) is 2.89. The molecule has 4 nitrogen and oxygen atoms in total. The number of hydrogen-bond donors (Lipinski definition) is 1. The SMILES string of the molecule is CC1(C)OB(c2cc(F)c(CC(=O)NC3CCC3)cc2F)OC1(C)C. The van der Waals surface area contributed by atoms with Gasteiger partial charge in [0.1, 0.15) is 11.6 Å². The average Bonchev–Trinajstić information content (AvgIpc) is 2.66. The van der Waals surface area contributed by atoms with Crippen molar-refractivity contribution in [3.63, 3.8) is 0 Å². The van der Waals surface area contributed by atoms with Crippen LogP contribution in [0, 0.1) is 11.6 Å². The van der Waals surface area contributed by atoms with E-state index in [4.69, 9.17) is 9.31 Å². The molecule has 0 unspecified atom stereocenters. The molecule has 1 aliphatic heterocycles. The molecule has 1 N–H and O–H groups in total. The van der Waals surface area contributed by atoms with Gasteiger partial charge in [-0.25, -0.2) is 8.78 Å². The van der Waals surface area contributed by atoms with Crippen LogP contribution in [0.3, 0.4) is 0 Å². The maximum Gasteiger partial charge on any atom is 0.497 e. The molecule has 2 fully saturated rings. The molecule has 1 aromatic rings. The van der Waals surface area contributed by atoms with Crippen molar-refractivity contribution >= 4 is 18.5 Å². The zero-order chi connectivity index (χ0) is 18.4. The molecule has 0 radical (unpaired) electrons. The Morgan fingerprint density at radius 2 is 1.76 bits per heavy atom. The number of benzene rings is 1. The highest BCUT2D eigenvalue weighted by Gasteiger charge is 2.52. The van der Waals surface area contributed by atoms with Crippen molar-refractivity contribution in [3.05, 3.63) is 29.3 Å².